The largest absolute Gasteiger partial charge is 0.467 e. The Morgan fingerprint density at radius 2 is 1.69 bits per heavy atom. The van der Waals surface area contributed by atoms with E-state index in [9.17, 15) is 39.4 Å². The van der Waals surface area contributed by atoms with Crippen LogP contribution in [-0.2, 0) is 14.3 Å². The molecule has 1 fully saturated rings. The monoisotopic (exact) mass is 635 g/mol. The number of nitro benzene ring substituents is 1. The maximum Gasteiger partial charge on any atom is 0.419 e. The number of nitrogens with zero attached hydrogens (tertiary/aromatic N) is 3. The Hall–Kier alpha value is -3.47. The lowest BCUT2D eigenvalue weighted by atomic mass is 9.99. The van der Waals surface area contributed by atoms with Crippen LogP contribution in [0.4, 0.5) is 26.2 Å². The van der Waals surface area contributed by atoms with E-state index in [2.05, 4.69) is 4.74 Å². The molecule has 17 heteroatoms. The van der Waals surface area contributed by atoms with Crippen LogP contribution >= 0.6 is 23.2 Å². The molecule has 2 aromatic carbocycles. The van der Waals surface area contributed by atoms with Crippen molar-refractivity contribution in [3.05, 3.63) is 52.3 Å². The van der Waals surface area contributed by atoms with Crippen LogP contribution in [-0.4, -0.2) is 102 Å². The first-order valence-corrected chi connectivity index (χ1v) is 13.3. The Morgan fingerprint density at radius 3 is 2.26 bits per heavy atom. The number of nitro groups is 1. The molecular weight excluding hydrogens is 608 g/mol. The Morgan fingerprint density at radius 1 is 1.05 bits per heavy atom. The predicted octanol–water partition coefficient (Wildman–Crippen LogP) is 2.01. The van der Waals surface area contributed by atoms with Crippen molar-refractivity contribution in [3.63, 3.8) is 0 Å². The zero-order valence-electron chi connectivity index (χ0n) is 22.3. The maximum atomic E-state index is 14.9. The second kappa shape index (κ2) is 14.6. The first-order valence-electron chi connectivity index (χ1n) is 12.3. The third kappa shape index (κ3) is 7.48. The smallest absolute Gasteiger partial charge is 0.419 e. The highest BCUT2D eigenvalue weighted by Gasteiger charge is 2.48. The Balaban J connectivity index is 1.88. The van der Waals surface area contributed by atoms with Crippen molar-refractivity contribution in [1.82, 2.24) is 0 Å². The summed E-state index contributed by atoms with van der Waals surface area (Å²) in [7, 11) is 2.16. The SMILES string of the molecule is COC(=O)[C@H]1O[C@@H](Oc2ccc([N+](=O)[O-])cc2N(C)C(=O)Oc2ccc(N(CCCl)CCCl)cc2F)[C@H](O)[C@@H](O)[C@@H]1O. The Kier molecular flexibility index (Phi) is 11.5. The molecule has 230 valence electrons. The van der Waals surface area contributed by atoms with E-state index in [4.69, 9.17) is 37.4 Å². The lowest BCUT2D eigenvalue weighted by molar-refractivity contribution is -0.384. The van der Waals surface area contributed by atoms with E-state index in [1.807, 2.05) is 0 Å². The molecular formula is C25H28Cl2FN3O11. The highest BCUT2D eigenvalue weighted by atomic mass is 35.5. The number of hydrogen-bond donors (Lipinski definition) is 3. The molecule has 1 aliphatic rings. The van der Waals surface area contributed by atoms with E-state index in [0.717, 1.165) is 43.3 Å². The minimum Gasteiger partial charge on any atom is -0.467 e. The lowest BCUT2D eigenvalue weighted by Crippen LogP contribution is -2.61. The number of carbonyl (C=O) groups excluding carboxylic acids is 2. The highest BCUT2D eigenvalue weighted by molar-refractivity contribution is 6.18. The molecule has 3 rings (SSSR count). The number of carbonyl (C=O) groups is 2. The lowest BCUT2D eigenvalue weighted by Gasteiger charge is -2.39. The average Bonchev–Trinajstić information content (AvgIpc) is 2.97. The number of aliphatic hydroxyl groups excluding tert-OH is 3. The van der Waals surface area contributed by atoms with Crippen molar-refractivity contribution in [2.24, 2.45) is 0 Å². The molecule has 1 aliphatic heterocycles. The number of anilines is 2. The van der Waals surface area contributed by atoms with Gasteiger partial charge >= 0.3 is 12.1 Å². The standard InChI is InChI=1S/C25H28Cl2FN3O11/c1-29(25(36)41-17-5-3-13(11-15(17)28)30(9-7-26)10-8-27)16-12-14(31(37)38)4-6-18(16)40-24-21(34)19(32)20(33)22(42-24)23(35)39-2/h3-6,11-12,19-22,24,32-34H,7-10H2,1-2H3/t19-,20-,21+,22-,24+/m0/s1. The van der Waals surface area contributed by atoms with Crippen molar-refractivity contribution < 1.29 is 53.2 Å². The zero-order valence-corrected chi connectivity index (χ0v) is 23.8. The number of alkyl halides is 2. The van der Waals surface area contributed by atoms with Gasteiger partial charge in [0.2, 0.25) is 6.29 Å². The average molecular weight is 636 g/mol. The van der Waals surface area contributed by atoms with E-state index < -0.39 is 64.9 Å². The summed E-state index contributed by atoms with van der Waals surface area (Å²) in [5.41, 5.74) is -0.313. The van der Waals surface area contributed by atoms with Crippen molar-refractivity contribution in [3.8, 4) is 11.5 Å². The van der Waals surface area contributed by atoms with E-state index >= 15 is 0 Å². The minimum absolute atomic E-state index is 0.263. The topological polar surface area (TPSA) is 181 Å². The quantitative estimate of drug-likeness (QED) is 0.142. The fraction of sp³-hybridized carbons (Fsp3) is 0.440. The van der Waals surface area contributed by atoms with Crippen LogP contribution in [0, 0.1) is 15.9 Å². The summed E-state index contributed by atoms with van der Waals surface area (Å²) in [6.07, 6.45) is -10.4. The van der Waals surface area contributed by atoms with E-state index in [-0.39, 0.29) is 23.2 Å². The van der Waals surface area contributed by atoms with Gasteiger partial charge in [0.05, 0.1) is 17.7 Å². The summed E-state index contributed by atoms with van der Waals surface area (Å²) < 4.78 is 35.5. The Labute approximate surface area is 248 Å². The molecule has 3 N–H and O–H groups in total. The second-order valence-corrected chi connectivity index (χ2v) is 9.61. The van der Waals surface area contributed by atoms with Crippen molar-refractivity contribution >= 4 is 52.3 Å². The number of hydrogen-bond acceptors (Lipinski definition) is 12. The molecule has 0 unspecified atom stereocenters. The van der Waals surface area contributed by atoms with Gasteiger partial charge in [-0.3, -0.25) is 15.0 Å². The number of halogens is 3. The van der Waals surface area contributed by atoms with Crippen molar-refractivity contribution in [2.45, 2.75) is 30.7 Å². The van der Waals surface area contributed by atoms with Gasteiger partial charge in [0, 0.05) is 55.8 Å². The number of non-ortho nitro benzene ring substituents is 1. The van der Waals surface area contributed by atoms with Crippen LogP contribution in [0.3, 0.4) is 0 Å². The summed E-state index contributed by atoms with van der Waals surface area (Å²) in [6.45, 7) is 0.780. The number of methoxy groups -OCH3 is 1. The molecule has 14 nitrogen and oxygen atoms in total. The van der Waals surface area contributed by atoms with Gasteiger partial charge in [-0.2, -0.15) is 0 Å². The van der Waals surface area contributed by atoms with Gasteiger partial charge in [0.25, 0.3) is 5.69 Å². The summed E-state index contributed by atoms with van der Waals surface area (Å²) in [5, 5.41) is 42.1. The summed E-state index contributed by atoms with van der Waals surface area (Å²) in [5.74, 6) is -2.19. The maximum absolute atomic E-state index is 14.9. The molecule has 0 aromatic heterocycles. The summed E-state index contributed by atoms with van der Waals surface area (Å²) >= 11 is 11.6. The van der Waals surface area contributed by atoms with Crippen LogP contribution in [0.2, 0.25) is 0 Å². The molecule has 0 aliphatic carbocycles. The van der Waals surface area contributed by atoms with E-state index in [0.29, 0.717) is 18.8 Å². The number of benzene rings is 2. The van der Waals surface area contributed by atoms with Crippen molar-refractivity contribution in [1.29, 1.82) is 0 Å². The molecule has 42 heavy (non-hydrogen) atoms. The number of ether oxygens (including phenoxy) is 4. The van der Waals surface area contributed by atoms with E-state index in [1.54, 1.807) is 4.90 Å². The van der Waals surface area contributed by atoms with Crippen LogP contribution in [0.25, 0.3) is 0 Å². The molecule has 5 atom stereocenters. The van der Waals surface area contributed by atoms with Gasteiger partial charge in [0.1, 0.15) is 24.1 Å². The minimum atomic E-state index is -1.91. The molecule has 1 amide bonds. The Bertz CT molecular complexity index is 1280. The first-order chi connectivity index (χ1) is 19.9. The van der Waals surface area contributed by atoms with Gasteiger partial charge in [0.15, 0.2) is 17.7 Å². The number of rotatable bonds is 11. The van der Waals surface area contributed by atoms with Gasteiger partial charge in [-0.1, -0.05) is 0 Å². The fourth-order valence-corrected chi connectivity index (χ4v) is 4.37. The van der Waals surface area contributed by atoms with Gasteiger partial charge in [-0.05, 0) is 18.2 Å². The van der Waals surface area contributed by atoms with Gasteiger partial charge < -0.3 is 39.2 Å². The summed E-state index contributed by atoms with van der Waals surface area (Å²) in [6, 6.07) is 6.85. The number of amides is 1. The van der Waals surface area contributed by atoms with Crippen molar-refractivity contribution in [2.75, 3.05) is 48.8 Å². The molecule has 0 spiro atoms. The van der Waals surface area contributed by atoms with Gasteiger partial charge in [-0.25, -0.2) is 14.0 Å². The molecule has 1 heterocycles. The highest BCUT2D eigenvalue weighted by Crippen LogP contribution is 2.35. The van der Waals surface area contributed by atoms with Crippen LogP contribution in [0.5, 0.6) is 11.5 Å². The molecule has 1 saturated heterocycles. The molecule has 0 bridgehead atoms. The molecule has 0 radical (unpaired) electrons. The zero-order chi connectivity index (χ0) is 31.1. The fourth-order valence-electron chi connectivity index (χ4n) is 3.97. The van der Waals surface area contributed by atoms with E-state index in [1.165, 1.54) is 12.1 Å². The third-order valence-corrected chi connectivity index (χ3v) is 6.56. The van der Waals surface area contributed by atoms with Gasteiger partial charge in [-0.15, -0.1) is 23.2 Å². The molecule has 2 aromatic rings. The normalized spacial score (nSPS) is 21.8. The first kappa shape index (κ1) is 33.0. The predicted molar refractivity (Wildman–Crippen MR) is 147 cm³/mol. The number of esters is 1. The van der Waals surface area contributed by atoms with Crippen LogP contribution in [0.1, 0.15) is 0 Å². The number of aliphatic hydroxyl groups is 3. The third-order valence-electron chi connectivity index (χ3n) is 6.22. The molecule has 0 saturated carbocycles. The second-order valence-electron chi connectivity index (χ2n) is 8.85. The summed E-state index contributed by atoms with van der Waals surface area (Å²) in [4.78, 5) is 38.2. The van der Waals surface area contributed by atoms with Crippen LogP contribution < -0.4 is 19.3 Å². The van der Waals surface area contributed by atoms with Crippen LogP contribution in [0.15, 0.2) is 36.4 Å².